The van der Waals surface area contributed by atoms with Crippen molar-refractivity contribution in [2.75, 3.05) is 0 Å². The standard InChI is InChI=1S/C5H9N5O2S2/c1-10-4(2-3-7-10)14(11,12)9-8-5(6)13/h2-3,9H,1H3,(H3,6,8,13). The lowest BCUT2D eigenvalue weighted by Gasteiger charge is -2.06. The minimum atomic E-state index is -3.67. The summed E-state index contributed by atoms with van der Waals surface area (Å²) in [7, 11) is -2.16. The fourth-order valence-corrected chi connectivity index (χ4v) is 1.89. The Morgan fingerprint density at radius 1 is 1.71 bits per heavy atom. The molecule has 7 nitrogen and oxygen atoms in total. The molecule has 0 atom stereocenters. The van der Waals surface area contributed by atoms with Crippen molar-refractivity contribution < 1.29 is 8.42 Å². The number of nitrogens with zero attached hydrogens (tertiary/aromatic N) is 2. The number of thiocarbonyl (C=S) groups is 1. The first-order chi connectivity index (χ1) is 6.43. The molecule has 0 fully saturated rings. The molecule has 1 rings (SSSR count). The van der Waals surface area contributed by atoms with Crippen molar-refractivity contribution >= 4 is 27.4 Å². The third-order valence-electron chi connectivity index (χ3n) is 1.36. The van der Waals surface area contributed by atoms with E-state index in [1.807, 2.05) is 4.83 Å². The lowest BCUT2D eigenvalue weighted by atomic mass is 10.7. The second-order valence-corrected chi connectivity index (χ2v) is 4.46. The monoisotopic (exact) mass is 235 g/mol. The van der Waals surface area contributed by atoms with Crippen molar-refractivity contribution in [2.24, 2.45) is 12.8 Å². The number of nitrogens with one attached hydrogen (secondary N) is 2. The molecule has 0 saturated heterocycles. The van der Waals surface area contributed by atoms with Crippen LogP contribution >= 0.6 is 12.2 Å². The van der Waals surface area contributed by atoms with Gasteiger partial charge in [-0.25, -0.2) is 8.42 Å². The van der Waals surface area contributed by atoms with E-state index >= 15 is 0 Å². The molecule has 78 valence electrons. The number of hydrogen-bond donors (Lipinski definition) is 3. The quantitative estimate of drug-likeness (QED) is 0.433. The van der Waals surface area contributed by atoms with Gasteiger partial charge in [-0.05, 0) is 18.3 Å². The van der Waals surface area contributed by atoms with Gasteiger partial charge in [0.2, 0.25) is 0 Å². The molecule has 0 unspecified atom stereocenters. The van der Waals surface area contributed by atoms with E-state index in [1.165, 1.54) is 24.0 Å². The SMILES string of the molecule is Cn1nccc1S(=O)(=O)NNC(N)=S. The van der Waals surface area contributed by atoms with Crippen LogP contribution in [0.5, 0.6) is 0 Å². The fraction of sp³-hybridized carbons (Fsp3) is 0.200. The number of hydrazine groups is 1. The summed E-state index contributed by atoms with van der Waals surface area (Å²) in [6, 6.07) is 1.35. The molecule has 9 heteroatoms. The smallest absolute Gasteiger partial charge is 0.274 e. The van der Waals surface area contributed by atoms with E-state index in [0.29, 0.717) is 0 Å². The minimum absolute atomic E-state index is 0.0150. The van der Waals surface area contributed by atoms with E-state index in [9.17, 15) is 8.42 Å². The summed E-state index contributed by atoms with van der Waals surface area (Å²) in [4.78, 5) is 2.00. The average Bonchev–Trinajstić information content (AvgIpc) is 2.48. The zero-order valence-corrected chi connectivity index (χ0v) is 8.89. The summed E-state index contributed by atoms with van der Waals surface area (Å²) < 4.78 is 24.1. The number of hydrogen-bond acceptors (Lipinski definition) is 4. The van der Waals surface area contributed by atoms with Crippen molar-refractivity contribution in [1.82, 2.24) is 20.0 Å². The van der Waals surface area contributed by atoms with E-state index in [4.69, 9.17) is 5.73 Å². The second-order valence-electron chi connectivity index (χ2n) is 2.39. The molecule has 1 aromatic rings. The molecule has 0 aliphatic rings. The fourth-order valence-electron chi connectivity index (χ4n) is 0.795. The predicted octanol–water partition coefficient (Wildman–Crippen LogP) is -1.55. The van der Waals surface area contributed by atoms with Gasteiger partial charge in [-0.3, -0.25) is 10.1 Å². The molecule has 1 heterocycles. The third kappa shape index (κ3) is 2.40. The van der Waals surface area contributed by atoms with E-state index < -0.39 is 10.0 Å². The molecule has 0 spiro atoms. The molecule has 14 heavy (non-hydrogen) atoms. The lowest BCUT2D eigenvalue weighted by molar-refractivity contribution is 0.559. The molecule has 0 aliphatic heterocycles. The van der Waals surface area contributed by atoms with Gasteiger partial charge in [0.15, 0.2) is 10.1 Å². The van der Waals surface area contributed by atoms with Gasteiger partial charge < -0.3 is 5.73 Å². The first kappa shape index (κ1) is 10.9. The molecule has 4 N–H and O–H groups in total. The van der Waals surface area contributed by atoms with Crippen LogP contribution in [0.25, 0.3) is 0 Å². The van der Waals surface area contributed by atoms with Gasteiger partial charge >= 0.3 is 0 Å². The van der Waals surface area contributed by atoms with Crippen molar-refractivity contribution in [3.8, 4) is 0 Å². The summed E-state index contributed by atoms with van der Waals surface area (Å²) in [5.41, 5.74) is 7.19. The molecule has 0 amide bonds. The normalized spacial score (nSPS) is 11.2. The number of nitrogens with two attached hydrogens (primary N) is 1. The van der Waals surface area contributed by atoms with Crippen LogP contribution in [-0.4, -0.2) is 23.3 Å². The molecule has 0 bridgehead atoms. The molecular weight excluding hydrogens is 226 g/mol. The van der Waals surface area contributed by atoms with Crippen LogP contribution in [0.15, 0.2) is 17.3 Å². The Labute approximate surface area is 86.3 Å². The van der Waals surface area contributed by atoms with Crippen LogP contribution in [0.1, 0.15) is 0 Å². The first-order valence-electron chi connectivity index (χ1n) is 3.49. The predicted molar refractivity (Wildman–Crippen MR) is 53.5 cm³/mol. The van der Waals surface area contributed by atoms with Gasteiger partial charge in [-0.15, -0.1) is 4.83 Å². The molecule has 0 radical (unpaired) electrons. The van der Waals surface area contributed by atoms with Crippen LogP contribution in [-0.2, 0) is 17.1 Å². The summed E-state index contributed by atoms with van der Waals surface area (Å²) in [6.07, 6.45) is 1.37. The number of sulfonamides is 1. The lowest BCUT2D eigenvalue weighted by Crippen LogP contribution is -2.44. The Balaban J connectivity index is 2.87. The molecule has 0 aromatic carbocycles. The Bertz CT molecular complexity index is 437. The Morgan fingerprint density at radius 2 is 2.36 bits per heavy atom. The zero-order chi connectivity index (χ0) is 10.8. The maximum Gasteiger partial charge on any atom is 0.274 e. The first-order valence-corrected chi connectivity index (χ1v) is 5.38. The summed E-state index contributed by atoms with van der Waals surface area (Å²) in [6.45, 7) is 0. The highest BCUT2D eigenvalue weighted by Crippen LogP contribution is 2.03. The average molecular weight is 235 g/mol. The van der Waals surface area contributed by atoms with Gasteiger partial charge in [0, 0.05) is 7.05 Å². The van der Waals surface area contributed by atoms with Gasteiger partial charge in [-0.1, -0.05) is 0 Å². The molecule has 1 aromatic heterocycles. The van der Waals surface area contributed by atoms with Crippen molar-refractivity contribution in [3.05, 3.63) is 12.3 Å². The van der Waals surface area contributed by atoms with Crippen LogP contribution < -0.4 is 16.0 Å². The number of rotatable bonds is 3. The molecule has 0 aliphatic carbocycles. The Hall–Kier alpha value is -1.19. The summed E-state index contributed by atoms with van der Waals surface area (Å²) >= 11 is 4.44. The number of aryl methyl sites for hydroxylation is 1. The van der Waals surface area contributed by atoms with Crippen molar-refractivity contribution in [2.45, 2.75) is 5.03 Å². The highest BCUT2D eigenvalue weighted by molar-refractivity contribution is 7.89. The highest BCUT2D eigenvalue weighted by Gasteiger charge is 2.17. The van der Waals surface area contributed by atoms with Gasteiger partial charge in [0.1, 0.15) is 0 Å². The Morgan fingerprint density at radius 3 is 2.79 bits per heavy atom. The third-order valence-corrected chi connectivity index (χ3v) is 2.78. The van der Waals surface area contributed by atoms with Crippen LogP contribution in [0.2, 0.25) is 0 Å². The van der Waals surface area contributed by atoms with E-state index in [1.54, 1.807) is 0 Å². The van der Waals surface area contributed by atoms with Gasteiger partial charge in [0.05, 0.1) is 6.20 Å². The van der Waals surface area contributed by atoms with E-state index in [0.717, 1.165) is 0 Å². The number of aromatic nitrogens is 2. The largest absolute Gasteiger partial charge is 0.375 e. The maximum absolute atomic E-state index is 11.5. The van der Waals surface area contributed by atoms with Gasteiger partial charge in [0.25, 0.3) is 10.0 Å². The van der Waals surface area contributed by atoms with E-state index in [2.05, 4.69) is 22.7 Å². The topological polar surface area (TPSA) is 102 Å². The van der Waals surface area contributed by atoms with Crippen LogP contribution in [0.3, 0.4) is 0 Å². The zero-order valence-electron chi connectivity index (χ0n) is 7.26. The van der Waals surface area contributed by atoms with Crippen LogP contribution in [0, 0.1) is 0 Å². The van der Waals surface area contributed by atoms with E-state index in [-0.39, 0.29) is 10.1 Å². The highest BCUT2D eigenvalue weighted by atomic mass is 32.2. The summed E-state index contributed by atoms with van der Waals surface area (Å²) in [5, 5.41) is 3.57. The van der Waals surface area contributed by atoms with Crippen molar-refractivity contribution in [1.29, 1.82) is 0 Å². The van der Waals surface area contributed by atoms with Crippen LogP contribution in [0.4, 0.5) is 0 Å². The van der Waals surface area contributed by atoms with Gasteiger partial charge in [-0.2, -0.15) is 5.10 Å². The molecule has 0 saturated carbocycles. The second kappa shape index (κ2) is 3.90. The Kier molecular flexibility index (Phi) is 3.03. The van der Waals surface area contributed by atoms with Crippen molar-refractivity contribution in [3.63, 3.8) is 0 Å². The minimum Gasteiger partial charge on any atom is -0.375 e. The maximum atomic E-state index is 11.5. The summed E-state index contributed by atoms with van der Waals surface area (Å²) in [5.74, 6) is 0. The molecular formula is C5H9N5O2S2.